The van der Waals surface area contributed by atoms with Crippen LogP contribution < -0.4 is 0 Å². The molecule has 0 spiro atoms. The molecule has 1 aromatic carbocycles. The van der Waals surface area contributed by atoms with Crippen molar-refractivity contribution in [2.75, 3.05) is 6.61 Å². The van der Waals surface area contributed by atoms with E-state index in [0.29, 0.717) is 12.5 Å². The predicted octanol–water partition coefficient (Wildman–Crippen LogP) is 4.69. The minimum absolute atomic E-state index is 0.0146. The first-order valence-corrected chi connectivity index (χ1v) is 8.04. The van der Waals surface area contributed by atoms with E-state index in [4.69, 9.17) is 4.74 Å². The van der Waals surface area contributed by atoms with Crippen molar-refractivity contribution in [3.05, 3.63) is 35.9 Å². The van der Waals surface area contributed by atoms with Crippen LogP contribution in [0.3, 0.4) is 0 Å². The van der Waals surface area contributed by atoms with Gasteiger partial charge in [-0.05, 0) is 30.7 Å². The maximum absolute atomic E-state index is 12.5. The lowest BCUT2D eigenvalue weighted by Crippen LogP contribution is -2.23. The molecule has 1 aromatic rings. The molecule has 2 nitrogen and oxygen atoms in total. The van der Waals surface area contributed by atoms with Crippen LogP contribution in [0.15, 0.2) is 30.3 Å². The molecule has 2 rings (SSSR count). The Kier molecular flexibility index (Phi) is 6.10. The minimum atomic E-state index is -0.0553. The molecule has 0 aliphatic heterocycles. The van der Waals surface area contributed by atoms with Crippen molar-refractivity contribution in [1.82, 2.24) is 0 Å². The normalized spacial score (nSPS) is 17.1. The van der Waals surface area contributed by atoms with E-state index in [9.17, 15) is 4.79 Å². The summed E-state index contributed by atoms with van der Waals surface area (Å²) in [6.07, 6.45) is 8.07. The fourth-order valence-corrected chi connectivity index (χ4v) is 3.17. The van der Waals surface area contributed by atoms with Crippen molar-refractivity contribution in [1.29, 1.82) is 0 Å². The molecule has 0 heterocycles. The molecule has 0 N–H and O–H groups in total. The summed E-state index contributed by atoms with van der Waals surface area (Å²) >= 11 is 0. The summed E-state index contributed by atoms with van der Waals surface area (Å²) in [4.78, 5) is 12.5. The summed E-state index contributed by atoms with van der Waals surface area (Å²) in [6.45, 7) is 2.73. The van der Waals surface area contributed by atoms with E-state index in [1.54, 1.807) is 0 Å². The average Bonchev–Trinajstić information content (AvgIpc) is 2.99. The molecule has 0 radical (unpaired) electrons. The fraction of sp³-hybridized carbons (Fsp3) is 0.611. The molecule has 0 bridgehead atoms. The quantitative estimate of drug-likeness (QED) is 0.532. The second kappa shape index (κ2) is 8.08. The summed E-state index contributed by atoms with van der Waals surface area (Å²) in [7, 11) is 0. The zero-order valence-electron chi connectivity index (χ0n) is 12.5. The van der Waals surface area contributed by atoms with E-state index in [1.807, 2.05) is 18.2 Å². The summed E-state index contributed by atoms with van der Waals surface area (Å²) < 4.78 is 5.53. The number of benzene rings is 1. The highest BCUT2D eigenvalue weighted by molar-refractivity contribution is 5.78. The number of unbranched alkanes of at least 4 members (excludes halogenated alkanes) is 2. The molecule has 1 aliphatic rings. The van der Waals surface area contributed by atoms with E-state index in [0.717, 1.165) is 37.7 Å². The van der Waals surface area contributed by atoms with E-state index >= 15 is 0 Å². The smallest absolute Gasteiger partial charge is 0.313 e. The van der Waals surface area contributed by atoms with E-state index < -0.39 is 0 Å². The van der Waals surface area contributed by atoms with Crippen LogP contribution in [0.5, 0.6) is 0 Å². The average molecular weight is 274 g/mol. The Hall–Kier alpha value is -1.31. The SMILES string of the molecule is CCCCCOC(=O)C(c1ccccc1)C1CCCC1. The van der Waals surface area contributed by atoms with Crippen molar-refractivity contribution in [2.24, 2.45) is 5.92 Å². The van der Waals surface area contributed by atoms with Gasteiger partial charge >= 0.3 is 5.97 Å². The minimum Gasteiger partial charge on any atom is -0.465 e. The number of carbonyl (C=O) groups is 1. The summed E-state index contributed by atoms with van der Waals surface area (Å²) in [5, 5.41) is 0. The van der Waals surface area contributed by atoms with Gasteiger partial charge in [-0.15, -0.1) is 0 Å². The number of hydrogen-bond acceptors (Lipinski definition) is 2. The van der Waals surface area contributed by atoms with Crippen molar-refractivity contribution >= 4 is 5.97 Å². The fourth-order valence-electron chi connectivity index (χ4n) is 3.17. The van der Waals surface area contributed by atoms with E-state index in [-0.39, 0.29) is 11.9 Å². The number of esters is 1. The van der Waals surface area contributed by atoms with Gasteiger partial charge in [0.1, 0.15) is 0 Å². The van der Waals surface area contributed by atoms with E-state index in [2.05, 4.69) is 19.1 Å². The third kappa shape index (κ3) is 4.09. The lowest BCUT2D eigenvalue weighted by molar-refractivity contribution is -0.147. The van der Waals surface area contributed by atoms with Gasteiger partial charge in [-0.25, -0.2) is 0 Å². The Labute approximate surface area is 122 Å². The zero-order valence-corrected chi connectivity index (χ0v) is 12.5. The highest BCUT2D eigenvalue weighted by Crippen LogP contribution is 2.38. The van der Waals surface area contributed by atoms with Crippen LogP contribution in [0, 0.1) is 5.92 Å². The lowest BCUT2D eigenvalue weighted by Gasteiger charge is -2.22. The molecule has 1 aliphatic carbocycles. The highest BCUT2D eigenvalue weighted by Gasteiger charge is 2.32. The third-order valence-electron chi connectivity index (χ3n) is 4.28. The third-order valence-corrected chi connectivity index (χ3v) is 4.28. The summed E-state index contributed by atoms with van der Waals surface area (Å²) in [5.41, 5.74) is 1.12. The van der Waals surface area contributed by atoms with Gasteiger partial charge in [-0.2, -0.15) is 0 Å². The maximum atomic E-state index is 12.5. The Morgan fingerprint density at radius 3 is 2.55 bits per heavy atom. The first-order chi connectivity index (χ1) is 9.83. The Morgan fingerprint density at radius 1 is 1.20 bits per heavy atom. The molecule has 0 amide bonds. The second-order valence-electron chi connectivity index (χ2n) is 5.81. The Bertz CT molecular complexity index is 393. The molecule has 1 fully saturated rings. The second-order valence-corrected chi connectivity index (χ2v) is 5.81. The van der Waals surface area contributed by atoms with Gasteiger partial charge in [-0.3, -0.25) is 4.79 Å². The molecule has 0 aromatic heterocycles. The van der Waals surface area contributed by atoms with Crippen molar-refractivity contribution < 1.29 is 9.53 Å². The Morgan fingerprint density at radius 2 is 1.90 bits per heavy atom. The topological polar surface area (TPSA) is 26.3 Å². The van der Waals surface area contributed by atoms with Crippen LogP contribution >= 0.6 is 0 Å². The van der Waals surface area contributed by atoms with Crippen LogP contribution in [0.4, 0.5) is 0 Å². The first kappa shape index (κ1) is 15.1. The maximum Gasteiger partial charge on any atom is 0.313 e. The molecule has 1 atom stereocenters. The van der Waals surface area contributed by atoms with Crippen LogP contribution in [0.2, 0.25) is 0 Å². The molecule has 110 valence electrons. The van der Waals surface area contributed by atoms with Gasteiger partial charge in [-0.1, -0.05) is 62.9 Å². The summed E-state index contributed by atoms with van der Waals surface area (Å²) in [6, 6.07) is 10.2. The van der Waals surface area contributed by atoms with E-state index in [1.165, 1.54) is 12.8 Å². The molecular weight excluding hydrogens is 248 g/mol. The van der Waals surface area contributed by atoms with Gasteiger partial charge in [0.05, 0.1) is 12.5 Å². The van der Waals surface area contributed by atoms with Crippen LogP contribution in [0.1, 0.15) is 63.4 Å². The van der Waals surface area contributed by atoms with Crippen LogP contribution in [-0.4, -0.2) is 12.6 Å². The van der Waals surface area contributed by atoms with Crippen molar-refractivity contribution in [2.45, 2.75) is 57.8 Å². The number of carbonyl (C=O) groups excluding carboxylic acids is 1. The predicted molar refractivity (Wildman–Crippen MR) is 81.6 cm³/mol. The van der Waals surface area contributed by atoms with Gasteiger partial charge in [0.25, 0.3) is 0 Å². The summed E-state index contributed by atoms with van der Waals surface area (Å²) in [5.74, 6) is 0.399. The van der Waals surface area contributed by atoms with Crippen molar-refractivity contribution in [3.63, 3.8) is 0 Å². The standard InChI is InChI=1S/C18H26O2/c1-2-3-9-14-20-18(19)17(16-12-7-8-13-16)15-10-5-4-6-11-15/h4-6,10-11,16-17H,2-3,7-9,12-14H2,1H3. The first-order valence-electron chi connectivity index (χ1n) is 8.04. The number of hydrogen-bond donors (Lipinski definition) is 0. The van der Waals surface area contributed by atoms with Crippen molar-refractivity contribution in [3.8, 4) is 0 Å². The zero-order chi connectivity index (χ0) is 14.2. The van der Waals surface area contributed by atoms with Crippen LogP contribution in [-0.2, 0) is 9.53 Å². The highest BCUT2D eigenvalue weighted by atomic mass is 16.5. The lowest BCUT2D eigenvalue weighted by atomic mass is 9.85. The number of ether oxygens (including phenoxy) is 1. The monoisotopic (exact) mass is 274 g/mol. The largest absolute Gasteiger partial charge is 0.465 e. The molecule has 1 unspecified atom stereocenters. The van der Waals surface area contributed by atoms with Crippen LogP contribution in [0.25, 0.3) is 0 Å². The molecule has 1 saturated carbocycles. The molecule has 0 saturated heterocycles. The van der Waals surface area contributed by atoms with Gasteiger partial charge in [0, 0.05) is 0 Å². The molecule has 20 heavy (non-hydrogen) atoms. The van der Waals surface area contributed by atoms with Gasteiger partial charge in [0.15, 0.2) is 0 Å². The molecular formula is C18H26O2. The number of rotatable bonds is 7. The Balaban J connectivity index is 2.00. The molecule has 2 heteroatoms. The van der Waals surface area contributed by atoms with Gasteiger partial charge in [0.2, 0.25) is 0 Å². The van der Waals surface area contributed by atoms with Gasteiger partial charge < -0.3 is 4.74 Å².